The molecule has 0 saturated heterocycles. The van der Waals surface area contributed by atoms with Crippen molar-refractivity contribution in [2.24, 2.45) is 7.05 Å². The van der Waals surface area contributed by atoms with Gasteiger partial charge >= 0.3 is 0 Å². The van der Waals surface area contributed by atoms with Crippen LogP contribution in [0.5, 0.6) is 0 Å². The lowest BCUT2D eigenvalue weighted by Crippen LogP contribution is -2.28. The van der Waals surface area contributed by atoms with Gasteiger partial charge in [-0.15, -0.1) is 11.3 Å². The molecule has 0 aromatic carbocycles. The van der Waals surface area contributed by atoms with Crippen LogP contribution in [0.25, 0.3) is 0 Å². The van der Waals surface area contributed by atoms with Crippen LogP contribution < -0.4 is 4.72 Å². The lowest BCUT2D eigenvalue weighted by atomic mass is 10.3. The minimum atomic E-state index is -3.75. The van der Waals surface area contributed by atoms with E-state index in [9.17, 15) is 8.42 Å². The van der Waals surface area contributed by atoms with E-state index in [-0.39, 0.29) is 16.2 Å². The number of hydrogen-bond donors (Lipinski definition) is 1. The summed E-state index contributed by atoms with van der Waals surface area (Å²) in [6.07, 6.45) is 3.60. The summed E-state index contributed by atoms with van der Waals surface area (Å²) in [6, 6.07) is -0.372. The van der Waals surface area contributed by atoms with E-state index >= 15 is 0 Å². The van der Waals surface area contributed by atoms with Gasteiger partial charge in [-0.1, -0.05) is 18.5 Å². The molecule has 2 aromatic heterocycles. The molecule has 0 aliphatic heterocycles. The van der Waals surface area contributed by atoms with Crippen LogP contribution in [0.4, 0.5) is 0 Å². The quantitative estimate of drug-likeness (QED) is 0.913. The van der Waals surface area contributed by atoms with Crippen LogP contribution in [0.15, 0.2) is 22.9 Å². The van der Waals surface area contributed by atoms with E-state index in [1.165, 1.54) is 22.2 Å². The second-order valence-corrected chi connectivity index (χ2v) is 6.82. The number of hydrogen-bond acceptors (Lipinski definition) is 5. The molecule has 0 radical (unpaired) electrons. The Morgan fingerprint density at radius 2 is 2.26 bits per heavy atom. The first-order valence-corrected chi connectivity index (χ1v) is 8.28. The van der Waals surface area contributed by atoms with E-state index in [0.29, 0.717) is 6.42 Å². The number of nitrogens with zero attached hydrogens (tertiary/aromatic N) is 3. The monoisotopic (exact) mass is 320 g/mol. The van der Waals surface area contributed by atoms with Crippen molar-refractivity contribution in [1.29, 1.82) is 0 Å². The summed E-state index contributed by atoms with van der Waals surface area (Å²) in [4.78, 5) is 7.95. The van der Waals surface area contributed by atoms with Crippen molar-refractivity contribution in [3.63, 3.8) is 0 Å². The van der Waals surface area contributed by atoms with E-state index in [2.05, 4.69) is 14.7 Å². The number of aryl methyl sites for hydroxylation is 1. The predicted molar refractivity (Wildman–Crippen MR) is 73.7 cm³/mol. The highest BCUT2D eigenvalue weighted by atomic mass is 35.5. The summed E-state index contributed by atoms with van der Waals surface area (Å²) in [6.45, 7) is 1.88. The highest BCUT2D eigenvalue weighted by molar-refractivity contribution is 7.89. The largest absolute Gasteiger partial charge is 0.324 e. The summed E-state index contributed by atoms with van der Waals surface area (Å²) in [7, 11) is -2.12. The van der Waals surface area contributed by atoms with Gasteiger partial charge in [-0.3, -0.25) is 0 Å². The molecule has 0 aliphatic carbocycles. The molecule has 0 saturated carbocycles. The van der Waals surface area contributed by atoms with Gasteiger partial charge in [0.1, 0.15) is 10.2 Å². The maximum atomic E-state index is 12.2. The number of halogens is 1. The molecule has 2 rings (SSSR count). The molecule has 9 heteroatoms. The van der Waals surface area contributed by atoms with Crippen molar-refractivity contribution >= 4 is 33.0 Å². The van der Waals surface area contributed by atoms with Crippen molar-refractivity contribution < 1.29 is 8.42 Å². The maximum Gasteiger partial charge on any atom is 0.261 e. The van der Waals surface area contributed by atoms with Gasteiger partial charge in [-0.25, -0.2) is 18.4 Å². The predicted octanol–water partition coefficient (Wildman–Crippen LogP) is 1.96. The normalized spacial score (nSPS) is 13.6. The lowest BCUT2D eigenvalue weighted by molar-refractivity contribution is 0.546. The van der Waals surface area contributed by atoms with E-state index in [0.717, 1.165) is 5.01 Å². The van der Waals surface area contributed by atoms with E-state index < -0.39 is 10.0 Å². The average molecular weight is 321 g/mol. The van der Waals surface area contributed by atoms with Crippen molar-refractivity contribution in [2.75, 3.05) is 0 Å². The smallest absolute Gasteiger partial charge is 0.261 e. The van der Waals surface area contributed by atoms with Gasteiger partial charge in [0, 0.05) is 18.6 Å². The van der Waals surface area contributed by atoms with Gasteiger partial charge in [-0.05, 0) is 6.42 Å². The number of thiazole rings is 1. The summed E-state index contributed by atoms with van der Waals surface area (Å²) in [5.41, 5.74) is 0. The first-order valence-electron chi connectivity index (χ1n) is 5.54. The minimum absolute atomic E-state index is 0.0847. The van der Waals surface area contributed by atoms with Gasteiger partial charge < -0.3 is 4.57 Å². The maximum absolute atomic E-state index is 12.2. The molecule has 2 heterocycles. The molecule has 6 nitrogen and oxygen atoms in total. The molecule has 0 aliphatic rings. The Kier molecular flexibility index (Phi) is 4.24. The van der Waals surface area contributed by atoms with Crippen molar-refractivity contribution in [1.82, 2.24) is 19.3 Å². The Morgan fingerprint density at radius 3 is 2.74 bits per heavy atom. The van der Waals surface area contributed by atoms with Gasteiger partial charge in [-0.2, -0.15) is 4.72 Å². The molecule has 19 heavy (non-hydrogen) atoms. The zero-order valence-corrected chi connectivity index (χ0v) is 12.8. The Labute approximate surface area is 120 Å². The Balaban J connectivity index is 2.28. The van der Waals surface area contributed by atoms with Crippen molar-refractivity contribution in [2.45, 2.75) is 24.4 Å². The van der Waals surface area contributed by atoms with Crippen LogP contribution in [0.2, 0.25) is 5.15 Å². The van der Waals surface area contributed by atoms with Crippen molar-refractivity contribution in [3.05, 3.63) is 28.1 Å². The van der Waals surface area contributed by atoms with E-state index in [1.54, 1.807) is 18.6 Å². The molecule has 0 bridgehead atoms. The number of nitrogens with one attached hydrogen (secondary N) is 1. The molecule has 1 N–H and O–H groups in total. The van der Waals surface area contributed by atoms with E-state index in [1.807, 2.05) is 6.92 Å². The Hall–Kier alpha value is -0.960. The van der Waals surface area contributed by atoms with E-state index in [4.69, 9.17) is 11.6 Å². The third-order valence-corrected chi connectivity index (χ3v) is 5.39. The van der Waals surface area contributed by atoms with Gasteiger partial charge in [0.05, 0.1) is 12.4 Å². The highest BCUT2D eigenvalue weighted by Crippen LogP contribution is 2.24. The number of rotatable bonds is 5. The van der Waals surface area contributed by atoms with Crippen LogP contribution in [0.3, 0.4) is 0 Å². The Morgan fingerprint density at radius 1 is 1.53 bits per heavy atom. The van der Waals surface area contributed by atoms with Crippen molar-refractivity contribution in [3.8, 4) is 0 Å². The summed E-state index contributed by atoms with van der Waals surface area (Å²) >= 11 is 7.32. The zero-order chi connectivity index (χ0) is 14.0. The number of imidazole rings is 1. The number of sulfonamides is 1. The second-order valence-electron chi connectivity index (χ2n) is 3.90. The standard InChI is InChI=1S/C10H13ClN4O2S2/c1-3-7(9-12-4-5-18-9)14-19(16,17)10-8(11)15(2)6-13-10/h4-7,14H,3H2,1-2H3. The molecule has 0 spiro atoms. The average Bonchev–Trinajstić information content (AvgIpc) is 2.98. The molecule has 1 unspecified atom stereocenters. The topological polar surface area (TPSA) is 76.9 Å². The van der Waals surface area contributed by atoms with Crippen LogP contribution in [-0.4, -0.2) is 23.0 Å². The first-order chi connectivity index (χ1) is 8.95. The molecule has 2 aromatic rings. The summed E-state index contributed by atoms with van der Waals surface area (Å²) in [5.74, 6) is 0. The molecule has 104 valence electrons. The highest BCUT2D eigenvalue weighted by Gasteiger charge is 2.26. The first kappa shape index (κ1) is 14.4. The SMILES string of the molecule is CCC(NS(=O)(=O)c1ncn(C)c1Cl)c1nccs1. The van der Waals surface area contributed by atoms with Crippen LogP contribution in [0.1, 0.15) is 24.4 Å². The third-order valence-electron chi connectivity index (χ3n) is 2.54. The zero-order valence-electron chi connectivity index (χ0n) is 10.4. The molecule has 0 fully saturated rings. The fourth-order valence-electron chi connectivity index (χ4n) is 1.53. The third kappa shape index (κ3) is 2.97. The minimum Gasteiger partial charge on any atom is -0.324 e. The second kappa shape index (κ2) is 5.58. The molecule has 1 atom stereocenters. The summed E-state index contributed by atoms with van der Waals surface area (Å²) in [5, 5.41) is 2.45. The lowest BCUT2D eigenvalue weighted by Gasteiger charge is -2.13. The van der Waals surface area contributed by atoms with Gasteiger partial charge in [0.25, 0.3) is 10.0 Å². The number of aromatic nitrogens is 3. The van der Waals surface area contributed by atoms with Crippen LogP contribution in [0, 0.1) is 0 Å². The molecular weight excluding hydrogens is 308 g/mol. The van der Waals surface area contributed by atoms with Gasteiger partial charge in [0.2, 0.25) is 5.03 Å². The van der Waals surface area contributed by atoms with Crippen LogP contribution in [-0.2, 0) is 17.1 Å². The fourth-order valence-corrected chi connectivity index (χ4v) is 4.09. The Bertz CT molecular complexity index is 651. The fraction of sp³-hybridized carbons (Fsp3) is 0.400. The molecular formula is C10H13ClN4O2S2. The van der Waals surface area contributed by atoms with Gasteiger partial charge in [0.15, 0.2) is 0 Å². The summed E-state index contributed by atoms with van der Waals surface area (Å²) < 4.78 is 28.5. The van der Waals surface area contributed by atoms with Crippen LogP contribution >= 0.6 is 22.9 Å². The molecule has 0 amide bonds.